The van der Waals surface area contributed by atoms with Gasteiger partial charge in [0.25, 0.3) is 0 Å². The SMILES string of the molecule is O=C(CC1(COc2ccccc2)CN(C(=O)Cc2ccccc2F)CCO1)N1CCCCC1. The minimum absolute atomic E-state index is 0.0229. The maximum absolute atomic E-state index is 14.1. The largest absolute Gasteiger partial charge is 0.490 e. The number of likely N-dealkylation sites (tertiary alicyclic amines) is 1. The average molecular weight is 455 g/mol. The summed E-state index contributed by atoms with van der Waals surface area (Å²) in [7, 11) is 0. The maximum Gasteiger partial charge on any atom is 0.227 e. The second-order valence-electron chi connectivity index (χ2n) is 8.83. The fourth-order valence-electron chi connectivity index (χ4n) is 4.48. The summed E-state index contributed by atoms with van der Waals surface area (Å²) in [4.78, 5) is 29.7. The second-order valence-corrected chi connectivity index (χ2v) is 8.83. The third kappa shape index (κ3) is 6.11. The molecule has 0 aliphatic carbocycles. The van der Waals surface area contributed by atoms with Crippen molar-refractivity contribution in [2.75, 3.05) is 39.4 Å². The van der Waals surface area contributed by atoms with E-state index in [9.17, 15) is 14.0 Å². The van der Waals surface area contributed by atoms with Crippen LogP contribution in [-0.4, -0.2) is 66.6 Å². The third-order valence-corrected chi connectivity index (χ3v) is 6.33. The number of carbonyl (C=O) groups excluding carboxylic acids is 2. The Morgan fingerprint density at radius 3 is 2.39 bits per heavy atom. The van der Waals surface area contributed by atoms with Gasteiger partial charge in [-0.05, 0) is 43.0 Å². The predicted molar refractivity (Wildman–Crippen MR) is 122 cm³/mol. The third-order valence-electron chi connectivity index (χ3n) is 6.33. The van der Waals surface area contributed by atoms with Gasteiger partial charge in [0.2, 0.25) is 11.8 Å². The van der Waals surface area contributed by atoms with Crippen LogP contribution in [0, 0.1) is 5.82 Å². The lowest BCUT2D eigenvalue weighted by Crippen LogP contribution is -2.58. The standard InChI is InChI=1S/C26H31FN2O4/c27-23-12-6-5-9-21(23)17-24(30)29-15-16-33-26(19-29,20-32-22-10-3-1-4-11-22)18-25(31)28-13-7-2-8-14-28/h1,3-6,9-12H,2,7-8,13-20H2. The van der Waals surface area contributed by atoms with E-state index in [1.54, 1.807) is 23.1 Å². The molecule has 0 radical (unpaired) electrons. The molecule has 33 heavy (non-hydrogen) atoms. The van der Waals surface area contributed by atoms with Gasteiger partial charge < -0.3 is 19.3 Å². The molecular weight excluding hydrogens is 423 g/mol. The molecule has 2 aromatic rings. The van der Waals surface area contributed by atoms with Crippen molar-refractivity contribution in [1.29, 1.82) is 0 Å². The van der Waals surface area contributed by atoms with E-state index in [-0.39, 0.29) is 37.8 Å². The summed E-state index contributed by atoms with van der Waals surface area (Å²) < 4.78 is 26.3. The van der Waals surface area contributed by atoms with Crippen LogP contribution in [-0.2, 0) is 20.7 Å². The first kappa shape index (κ1) is 23.2. The van der Waals surface area contributed by atoms with Gasteiger partial charge in [0.1, 0.15) is 23.8 Å². The number of halogens is 1. The lowest BCUT2D eigenvalue weighted by Gasteiger charge is -2.43. The van der Waals surface area contributed by atoms with Crippen LogP contribution in [0.3, 0.4) is 0 Å². The van der Waals surface area contributed by atoms with Crippen molar-refractivity contribution in [3.8, 4) is 5.75 Å². The molecule has 7 heteroatoms. The van der Waals surface area contributed by atoms with Crippen molar-refractivity contribution < 1.29 is 23.5 Å². The number of para-hydroxylation sites is 1. The van der Waals surface area contributed by atoms with Gasteiger partial charge in [0.15, 0.2) is 0 Å². The Bertz CT molecular complexity index is 948. The molecule has 2 aliphatic heterocycles. The summed E-state index contributed by atoms with van der Waals surface area (Å²) in [6, 6.07) is 15.7. The molecular formula is C26H31FN2O4. The molecule has 176 valence electrons. The molecule has 2 saturated heterocycles. The smallest absolute Gasteiger partial charge is 0.227 e. The minimum Gasteiger partial charge on any atom is -0.490 e. The summed E-state index contributed by atoms with van der Waals surface area (Å²) in [5.74, 6) is 0.131. The summed E-state index contributed by atoms with van der Waals surface area (Å²) in [6.07, 6.45) is 3.27. The Hall–Kier alpha value is -2.93. The quantitative estimate of drug-likeness (QED) is 0.643. The molecule has 1 atom stereocenters. The van der Waals surface area contributed by atoms with E-state index in [4.69, 9.17) is 9.47 Å². The molecule has 0 spiro atoms. The van der Waals surface area contributed by atoms with E-state index < -0.39 is 11.4 Å². The zero-order valence-electron chi connectivity index (χ0n) is 18.9. The fourth-order valence-corrected chi connectivity index (χ4v) is 4.48. The second kappa shape index (κ2) is 10.8. The van der Waals surface area contributed by atoms with Gasteiger partial charge in [-0.3, -0.25) is 9.59 Å². The highest BCUT2D eigenvalue weighted by atomic mass is 19.1. The molecule has 0 N–H and O–H groups in total. The number of rotatable bonds is 7. The normalized spacial score (nSPS) is 21.0. The van der Waals surface area contributed by atoms with Gasteiger partial charge >= 0.3 is 0 Å². The summed E-state index contributed by atoms with van der Waals surface area (Å²) in [5, 5.41) is 0. The highest BCUT2D eigenvalue weighted by Gasteiger charge is 2.42. The van der Waals surface area contributed by atoms with E-state index in [1.807, 2.05) is 35.2 Å². The average Bonchev–Trinajstić information content (AvgIpc) is 2.85. The number of carbonyl (C=O) groups is 2. The van der Waals surface area contributed by atoms with Gasteiger partial charge in [-0.25, -0.2) is 4.39 Å². The number of benzene rings is 2. The van der Waals surface area contributed by atoms with Gasteiger partial charge in [-0.2, -0.15) is 0 Å². The van der Waals surface area contributed by atoms with Crippen LogP contribution >= 0.6 is 0 Å². The van der Waals surface area contributed by atoms with Crippen molar-refractivity contribution in [2.24, 2.45) is 0 Å². The lowest BCUT2D eigenvalue weighted by atomic mass is 9.95. The molecule has 0 bridgehead atoms. The van der Waals surface area contributed by atoms with E-state index in [1.165, 1.54) is 6.07 Å². The summed E-state index contributed by atoms with van der Waals surface area (Å²) in [5.41, 5.74) is -0.586. The first-order valence-corrected chi connectivity index (χ1v) is 11.7. The molecule has 2 fully saturated rings. The van der Waals surface area contributed by atoms with Crippen LogP contribution in [0.5, 0.6) is 5.75 Å². The van der Waals surface area contributed by atoms with Crippen LogP contribution in [0.1, 0.15) is 31.2 Å². The van der Waals surface area contributed by atoms with Gasteiger partial charge in [-0.15, -0.1) is 0 Å². The van der Waals surface area contributed by atoms with Crippen molar-refractivity contribution in [3.63, 3.8) is 0 Å². The summed E-state index contributed by atoms with van der Waals surface area (Å²) >= 11 is 0. The predicted octanol–water partition coefficient (Wildman–Crippen LogP) is 3.45. The lowest BCUT2D eigenvalue weighted by molar-refractivity contribution is -0.166. The van der Waals surface area contributed by atoms with Gasteiger partial charge in [-0.1, -0.05) is 36.4 Å². The molecule has 2 amide bonds. The van der Waals surface area contributed by atoms with Crippen LogP contribution in [0.2, 0.25) is 0 Å². The van der Waals surface area contributed by atoms with Crippen molar-refractivity contribution in [3.05, 3.63) is 66.0 Å². The number of hydrogen-bond acceptors (Lipinski definition) is 4. The van der Waals surface area contributed by atoms with E-state index in [2.05, 4.69) is 0 Å². The van der Waals surface area contributed by atoms with E-state index in [0.29, 0.717) is 24.5 Å². The Balaban J connectivity index is 1.49. The molecule has 1 unspecified atom stereocenters. The number of piperidine rings is 1. The first-order chi connectivity index (χ1) is 16.0. The topological polar surface area (TPSA) is 59.1 Å². The molecule has 2 heterocycles. The Kier molecular flexibility index (Phi) is 7.60. The Labute approximate surface area is 194 Å². The number of ether oxygens (including phenoxy) is 2. The zero-order valence-corrected chi connectivity index (χ0v) is 18.9. The molecule has 4 rings (SSSR count). The number of morpholine rings is 1. The highest BCUT2D eigenvalue weighted by molar-refractivity contribution is 5.80. The molecule has 2 aliphatic rings. The minimum atomic E-state index is -0.951. The first-order valence-electron chi connectivity index (χ1n) is 11.7. The maximum atomic E-state index is 14.1. The van der Waals surface area contributed by atoms with Crippen molar-refractivity contribution in [1.82, 2.24) is 9.80 Å². The fraction of sp³-hybridized carbons (Fsp3) is 0.462. The Morgan fingerprint density at radius 2 is 1.64 bits per heavy atom. The van der Waals surface area contributed by atoms with Crippen molar-refractivity contribution >= 4 is 11.8 Å². The molecule has 2 aromatic carbocycles. The van der Waals surface area contributed by atoms with Crippen molar-refractivity contribution in [2.45, 2.75) is 37.7 Å². The summed E-state index contributed by atoms with van der Waals surface area (Å²) in [6.45, 7) is 2.59. The van der Waals surface area contributed by atoms with E-state index in [0.717, 1.165) is 32.4 Å². The van der Waals surface area contributed by atoms with Crippen LogP contribution in [0.4, 0.5) is 4.39 Å². The zero-order chi connectivity index (χ0) is 23.1. The number of hydrogen-bond donors (Lipinski definition) is 0. The van der Waals surface area contributed by atoms with Crippen LogP contribution in [0.25, 0.3) is 0 Å². The van der Waals surface area contributed by atoms with Crippen LogP contribution < -0.4 is 4.74 Å². The molecule has 6 nitrogen and oxygen atoms in total. The molecule has 0 saturated carbocycles. The van der Waals surface area contributed by atoms with Gasteiger partial charge in [0.05, 0.1) is 26.0 Å². The highest BCUT2D eigenvalue weighted by Crippen LogP contribution is 2.27. The van der Waals surface area contributed by atoms with Gasteiger partial charge in [0, 0.05) is 19.6 Å². The van der Waals surface area contributed by atoms with Crippen LogP contribution in [0.15, 0.2) is 54.6 Å². The molecule has 0 aromatic heterocycles. The van der Waals surface area contributed by atoms with E-state index >= 15 is 0 Å². The monoisotopic (exact) mass is 454 g/mol. The number of amides is 2. The number of nitrogens with zero attached hydrogens (tertiary/aromatic N) is 2. The Morgan fingerprint density at radius 1 is 0.909 bits per heavy atom.